The van der Waals surface area contributed by atoms with Gasteiger partial charge in [0, 0.05) is 12.1 Å². The minimum Gasteiger partial charge on any atom is -0.493 e. The molecule has 0 radical (unpaired) electrons. The molecular weight excluding hydrogens is 410 g/mol. The van der Waals surface area contributed by atoms with E-state index in [9.17, 15) is 14.7 Å². The van der Waals surface area contributed by atoms with Gasteiger partial charge in [0.1, 0.15) is 21.9 Å². The molecule has 0 amide bonds. The average Bonchev–Trinajstić information content (AvgIpc) is 3.04. The van der Waals surface area contributed by atoms with Crippen LogP contribution in [-0.2, 0) is 4.74 Å². The molecule has 0 saturated carbocycles. The molecule has 0 spiro atoms. The minimum atomic E-state index is -1.15. The van der Waals surface area contributed by atoms with Gasteiger partial charge in [0.25, 0.3) is 0 Å². The first-order valence-corrected chi connectivity index (χ1v) is 9.79. The number of methoxy groups -OCH3 is 2. The van der Waals surface area contributed by atoms with Crippen molar-refractivity contribution < 1.29 is 28.9 Å². The highest BCUT2D eigenvalue weighted by atomic mass is 32.1. The molecule has 158 valence electrons. The molecule has 2 N–H and O–H groups in total. The molecule has 0 aliphatic heterocycles. The van der Waals surface area contributed by atoms with Gasteiger partial charge >= 0.3 is 11.9 Å². The van der Waals surface area contributed by atoms with Crippen LogP contribution in [0.2, 0.25) is 0 Å². The number of ether oxygens (including phenoxy) is 3. The molecule has 9 nitrogen and oxygen atoms in total. The van der Waals surface area contributed by atoms with E-state index in [0.29, 0.717) is 38.0 Å². The molecule has 3 aromatic rings. The number of hydrogen-bond donors (Lipinski definition) is 2. The number of carboxylic acid groups (broad SMARTS) is 1. The van der Waals surface area contributed by atoms with E-state index in [2.05, 4.69) is 15.3 Å². The Hall–Kier alpha value is -3.40. The maximum absolute atomic E-state index is 12.4. The van der Waals surface area contributed by atoms with Gasteiger partial charge in [0.05, 0.1) is 37.0 Å². The number of thiophene rings is 1. The topological polar surface area (TPSA) is 120 Å². The number of rotatable bonds is 7. The van der Waals surface area contributed by atoms with Crippen molar-refractivity contribution in [2.24, 2.45) is 0 Å². The zero-order valence-corrected chi connectivity index (χ0v) is 17.9. The van der Waals surface area contributed by atoms with E-state index in [1.807, 2.05) is 0 Å². The number of nitrogens with zero attached hydrogens (tertiary/aromatic N) is 2. The van der Waals surface area contributed by atoms with E-state index in [4.69, 9.17) is 14.2 Å². The standard InChI is InChI=1S/C20H21N3O6S/c1-9(2)29-20(26)16-10(3)15-17(21-8-22-18(15)30-16)23-12-7-14(28-5)13(27-4)6-11(12)19(24)25/h6-9H,1-5H3,(H,24,25)(H,21,22,23). The predicted molar refractivity (Wildman–Crippen MR) is 112 cm³/mol. The van der Waals surface area contributed by atoms with Crippen LogP contribution in [0.1, 0.15) is 39.4 Å². The first kappa shape index (κ1) is 21.3. The zero-order chi connectivity index (χ0) is 22.0. The fourth-order valence-corrected chi connectivity index (χ4v) is 3.95. The Morgan fingerprint density at radius 3 is 2.40 bits per heavy atom. The summed E-state index contributed by atoms with van der Waals surface area (Å²) in [5, 5.41) is 13.3. The molecule has 1 aromatic carbocycles. The summed E-state index contributed by atoms with van der Waals surface area (Å²) in [5.41, 5.74) is 0.893. The second-order valence-electron chi connectivity index (χ2n) is 6.60. The van der Waals surface area contributed by atoms with Crippen LogP contribution in [0.15, 0.2) is 18.5 Å². The average molecular weight is 431 g/mol. The van der Waals surface area contributed by atoms with Crippen molar-refractivity contribution in [1.82, 2.24) is 9.97 Å². The highest BCUT2D eigenvalue weighted by molar-refractivity contribution is 7.20. The van der Waals surface area contributed by atoms with E-state index in [1.165, 1.54) is 44.0 Å². The van der Waals surface area contributed by atoms with Crippen LogP contribution >= 0.6 is 11.3 Å². The van der Waals surface area contributed by atoms with Crippen molar-refractivity contribution in [1.29, 1.82) is 0 Å². The number of carboxylic acids is 1. The van der Waals surface area contributed by atoms with Gasteiger partial charge in [-0.05, 0) is 26.3 Å². The summed E-state index contributed by atoms with van der Waals surface area (Å²) in [6, 6.07) is 2.89. The number of anilines is 2. The van der Waals surface area contributed by atoms with Crippen LogP contribution in [0.25, 0.3) is 10.2 Å². The van der Waals surface area contributed by atoms with Crippen LogP contribution in [0, 0.1) is 6.92 Å². The van der Waals surface area contributed by atoms with E-state index in [1.54, 1.807) is 20.8 Å². The summed E-state index contributed by atoms with van der Waals surface area (Å²) in [6.07, 6.45) is 1.09. The maximum atomic E-state index is 12.4. The Morgan fingerprint density at radius 1 is 1.13 bits per heavy atom. The number of aromatic nitrogens is 2. The van der Waals surface area contributed by atoms with Crippen molar-refractivity contribution >= 4 is 45.0 Å². The molecule has 2 aromatic heterocycles. The normalized spacial score (nSPS) is 10.9. The molecule has 0 saturated heterocycles. The zero-order valence-electron chi connectivity index (χ0n) is 17.1. The molecule has 0 atom stereocenters. The number of aryl methyl sites for hydroxylation is 1. The lowest BCUT2D eigenvalue weighted by atomic mass is 10.1. The molecule has 2 heterocycles. The van der Waals surface area contributed by atoms with Crippen molar-refractivity contribution in [2.75, 3.05) is 19.5 Å². The number of hydrogen-bond acceptors (Lipinski definition) is 9. The van der Waals surface area contributed by atoms with Gasteiger partial charge in [-0.2, -0.15) is 0 Å². The van der Waals surface area contributed by atoms with Crippen LogP contribution < -0.4 is 14.8 Å². The van der Waals surface area contributed by atoms with Gasteiger partial charge in [-0.15, -0.1) is 11.3 Å². The third kappa shape index (κ3) is 3.99. The fourth-order valence-electron chi connectivity index (χ4n) is 2.92. The number of benzene rings is 1. The minimum absolute atomic E-state index is 0.0215. The summed E-state index contributed by atoms with van der Waals surface area (Å²) in [6.45, 7) is 5.33. The Morgan fingerprint density at radius 2 is 1.80 bits per heavy atom. The summed E-state index contributed by atoms with van der Waals surface area (Å²) >= 11 is 1.20. The number of nitrogens with one attached hydrogen (secondary N) is 1. The summed E-state index contributed by atoms with van der Waals surface area (Å²) < 4.78 is 15.8. The van der Waals surface area contributed by atoms with E-state index < -0.39 is 11.9 Å². The Balaban J connectivity index is 2.12. The maximum Gasteiger partial charge on any atom is 0.348 e. The Bertz CT molecular complexity index is 1130. The van der Waals surface area contributed by atoms with Gasteiger partial charge in [0.15, 0.2) is 11.5 Å². The second kappa shape index (κ2) is 8.54. The van der Waals surface area contributed by atoms with Crippen LogP contribution in [0.4, 0.5) is 11.5 Å². The van der Waals surface area contributed by atoms with Crippen LogP contribution in [0.5, 0.6) is 11.5 Å². The number of carbonyl (C=O) groups excluding carboxylic acids is 1. The van der Waals surface area contributed by atoms with Gasteiger partial charge in [0.2, 0.25) is 0 Å². The first-order chi connectivity index (χ1) is 14.3. The monoisotopic (exact) mass is 431 g/mol. The third-order valence-electron chi connectivity index (χ3n) is 4.26. The third-order valence-corrected chi connectivity index (χ3v) is 5.44. The molecule has 30 heavy (non-hydrogen) atoms. The largest absolute Gasteiger partial charge is 0.493 e. The van der Waals surface area contributed by atoms with Crippen LogP contribution in [0.3, 0.4) is 0 Å². The molecule has 0 bridgehead atoms. The number of esters is 1. The molecule has 10 heteroatoms. The summed E-state index contributed by atoms with van der Waals surface area (Å²) in [7, 11) is 2.89. The lowest BCUT2D eigenvalue weighted by Gasteiger charge is -2.14. The lowest BCUT2D eigenvalue weighted by molar-refractivity contribution is 0.0383. The molecular formula is C20H21N3O6S. The quantitative estimate of drug-likeness (QED) is 0.534. The number of carbonyl (C=O) groups is 2. The highest BCUT2D eigenvalue weighted by Crippen LogP contribution is 2.38. The molecule has 0 fully saturated rings. The van der Waals surface area contributed by atoms with Crippen molar-refractivity contribution in [2.45, 2.75) is 26.9 Å². The van der Waals surface area contributed by atoms with Crippen molar-refractivity contribution in [3.8, 4) is 11.5 Å². The Labute approximate surface area is 176 Å². The van der Waals surface area contributed by atoms with Gasteiger partial charge < -0.3 is 24.6 Å². The van der Waals surface area contributed by atoms with Gasteiger partial charge in [-0.3, -0.25) is 0 Å². The second-order valence-corrected chi connectivity index (χ2v) is 7.59. The van der Waals surface area contributed by atoms with E-state index in [-0.39, 0.29) is 17.4 Å². The van der Waals surface area contributed by atoms with E-state index in [0.717, 1.165) is 0 Å². The van der Waals surface area contributed by atoms with Crippen molar-refractivity contribution in [3.63, 3.8) is 0 Å². The summed E-state index contributed by atoms with van der Waals surface area (Å²) in [4.78, 5) is 33.7. The predicted octanol–water partition coefficient (Wildman–Crippen LogP) is 4.02. The fraction of sp³-hybridized carbons (Fsp3) is 0.300. The van der Waals surface area contributed by atoms with Gasteiger partial charge in [-0.25, -0.2) is 19.6 Å². The molecule has 0 aliphatic rings. The first-order valence-electron chi connectivity index (χ1n) is 8.98. The number of aromatic carboxylic acids is 1. The van der Waals surface area contributed by atoms with E-state index >= 15 is 0 Å². The van der Waals surface area contributed by atoms with Gasteiger partial charge in [-0.1, -0.05) is 0 Å². The molecule has 0 unspecified atom stereocenters. The molecule has 3 rings (SSSR count). The Kier molecular flexibility index (Phi) is 6.06. The summed E-state index contributed by atoms with van der Waals surface area (Å²) in [5.74, 6) is -0.565. The highest BCUT2D eigenvalue weighted by Gasteiger charge is 2.23. The molecule has 0 aliphatic carbocycles. The lowest BCUT2D eigenvalue weighted by Crippen LogP contribution is -2.11. The number of fused-ring (bicyclic) bond motifs is 1. The smallest absolute Gasteiger partial charge is 0.348 e. The van der Waals surface area contributed by atoms with Crippen molar-refractivity contribution in [3.05, 3.63) is 34.5 Å². The SMILES string of the molecule is COc1cc(Nc2ncnc3sc(C(=O)OC(C)C)c(C)c23)c(C(=O)O)cc1OC. The van der Waals surface area contributed by atoms with Crippen LogP contribution in [-0.4, -0.2) is 47.3 Å².